The van der Waals surface area contributed by atoms with Crippen LogP contribution in [-0.2, 0) is 16.0 Å². The first kappa shape index (κ1) is 21.1. The Kier molecular flexibility index (Phi) is 10.9. The van der Waals surface area contributed by atoms with Gasteiger partial charge in [-0.1, -0.05) is 6.07 Å². The van der Waals surface area contributed by atoms with Crippen molar-refractivity contribution in [3.63, 3.8) is 0 Å². The van der Waals surface area contributed by atoms with Crippen LogP contribution in [0.3, 0.4) is 0 Å². The summed E-state index contributed by atoms with van der Waals surface area (Å²) in [5.41, 5.74) is 1.02. The number of nitrogens with zero attached hydrogens (tertiary/aromatic N) is 3. The minimum Gasteiger partial charge on any atom is -0.385 e. The molecule has 24 heavy (non-hydrogen) atoms. The number of guanidine groups is 1. The molecule has 1 fully saturated rings. The van der Waals surface area contributed by atoms with Gasteiger partial charge in [-0.25, -0.2) is 0 Å². The van der Waals surface area contributed by atoms with E-state index in [4.69, 9.17) is 9.47 Å². The van der Waals surface area contributed by atoms with E-state index in [9.17, 15) is 0 Å². The molecule has 2 heterocycles. The Morgan fingerprint density at radius 3 is 2.75 bits per heavy atom. The molecule has 1 aliphatic rings. The van der Waals surface area contributed by atoms with E-state index in [1.807, 2.05) is 31.4 Å². The number of ether oxygens (including phenoxy) is 2. The van der Waals surface area contributed by atoms with E-state index in [2.05, 4.69) is 20.2 Å². The number of methoxy groups -OCH3 is 1. The third-order valence-corrected chi connectivity index (χ3v) is 3.95. The van der Waals surface area contributed by atoms with Crippen molar-refractivity contribution >= 4 is 29.9 Å². The van der Waals surface area contributed by atoms with E-state index in [1.165, 1.54) is 0 Å². The van der Waals surface area contributed by atoms with E-state index in [0.29, 0.717) is 12.6 Å². The number of pyridine rings is 1. The van der Waals surface area contributed by atoms with Gasteiger partial charge >= 0.3 is 0 Å². The fraction of sp³-hybridized carbons (Fsp3) is 0.647. The second-order valence-electron chi connectivity index (χ2n) is 5.63. The maximum atomic E-state index is 5.90. The Balaban J connectivity index is 0.00000288. The summed E-state index contributed by atoms with van der Waals surface area (Å²) in [6.45, 7) is 4.18. The first-order chi connectivity index (χ1) is 11.3. The molecule has 1 aromatic rings. The first-order valence-corrected chi connectivity index (χ1v) is 8.29. The van der Waals surface area contributed by atoms with E-state index in [0.717, 1.165) is 57.2 Å². The van der Waals surface area contributed by atoms with Crippen LogP contribution in [0.1, 0.15) is 25.0 Å². The smallest absolute Gasteiger partial charge is 0.193 e. The Hall–Kier alpha value is -0.930. The summed E-state index contributed by atoms with van der Waals surface area (Å²) in [4.78, 5) is 11.0. The monoisotopic (exact) mass is 448 g/mol. The van der Waals surface area contributed by atoms with Crippen LogP contribution in [-0.4, -0.2) is 62.4 Å². The van der Waals surface area contributed by atoms with Gasteiger partial charge in [0, 0.05) is 46.7 Å². The first-order valence-electron chi connectivity index (χ1n) is 8.29. The van der Waals surface area contributed by atoms with Gasteiger partial charge in [-0.3, -0.25) is 9.98 Å². The predicted molar refractivity (Wildman–Crippen MR) is 107 cm³/mol. The van der Waals surface area contributed by atoms with Crippen LogP contribution < -0.4 is 5.32 Å². The number of aromatic nitrogens is 1. The van der Waals surface area contributed by atoms with Gasteiger partial charge in [0.15, 0.2) is 5.96 Å². The highest BCUT2D eigenvalue weighted by molar-refractivity contribution is 14.0. The minimum atomic E-state index is 0. The Morgan fingerprint density at radius 2 is 2.12 bits per heavy atom. The summed E-state index contributed by atoms with van der Waals surface area (Å²) in [6, 6.07) is 5.94. The Morgan fingerprint density at radius 1 is 1.33 bits per heavy atom. The Bertz CT molecular complexity index is 465. The summed E-state index contributed by atoms with van der Waals surface area (Å²) < 4.78 is 10.9. The van der Waals surface area contributed by atoms with Gasteiger partial charge in [0.2, 0.25) is 0 Å². The summed E-state index contributed by atoms with van der Waals surface area (Å²) in [5, 5.41) is 3.39. The van der Waals surface area contributed by atoms with Crippen LogP contribution in [0.5, 0.6) is 0 Å². The molecule has 1 aromatic heterocycles. The number of nitrogens with one attached hydrogen (secondary N) is 1. The highest BCUT2D eigenvalue weighted by Crippen LogP contribution is 2.14. The highest BCUT2D eigenvalue weighted by atomic mass is 127. The van der Waals surface area contributed by atoms with E-state index in [-0.39, 0.29) is 24.0 Å². The van der Waals surface area contributed by atoms with Crippen LogP contribution in [0.4, 0.5) is 0 Å². The molecule has 1 aliphatic heterocycles. The molecule has 0 aliphatic carbocycles. The number of hydrogen-bond acceptors (Lipinski definition) is 4. The molecular formula is C17H29IN4O2. The van der Waals surface area contributed by atoms with Crippen LogP contribution in [0.25, 0.3) is 0 Å². The summed E-state index contributed by atoms with van der Waals surface area (Å²) in [7, 11) is 3.55. The lowest BCUT2D eigenvalue weighted by molar-refractivity contribution is 0.00989. The van der Waals surface area contributed by atoms with Crippen molar-refractivity contribution in [1.29, 1.82) is 0 Å². The minimum absolute atomic E-state index is 0. The molecule has 0 bridgehead atoms. The van der Waals surface area contributed by atoms with Crippen molar-refractivity contribution in [1.82, 2.24) is 15.2 Å². The number of likely N-dealkylation sites (tertiary alicyclic amines) is 1. The highest BCUT2D eigenvalue weighted by Gasteiger charge is 2.21. The number of aliphatic imine (C=N–C) groups is 1. The molecule has 7 heteroatoms. The molecule has 0 spiro atoms. The molecule has 0 saturated carbocycles. The normalized spacial score (nSPS) is 15.9. The van der Waals surface area contributed by atoms with Crippen LogP contribution in [0, 0.1) is 0 Å². The second-order valence-corrected chi connectivity index (χ2v) is 5.63. The zero-order chi connectivity index (χ0) is 16.3. The van der Waals surface area contributed by atoms with Crippen molar-refractivity contribution in [2.75, 3.05) is 40.5 Å². The van der Waals surface area contributed by atoms with Gasteiger partial charge in [-0.2, -0.15) is 0 Å². The molecule has 6 nitrogen and oxygen atoms in total. The van der Waals surface area contributed by atoms with Crippen LogP contribution >= 0.6 is 24.0 Å². The van der Waals surface area contributed by atoms with Gasteiger partial charge in [0.25, 0.3) is 0 Å². The van der Waals surface area contributed by atoms with Gasteiger partial charge in [0.1, 0.15) is 0 Å². The predicted octanol–water partition coefficient (Wildman–Crippen LogP) is 2.29. The summed E-state index contributed by atoms with van der Waals surface area (Å²) in [6.07, 6.45) is 5.21. The number of rotatable bonds is 7. The van der Waals surface area contributed by atoms with Gasteiger partial charge in [-0.15, -0.1) is 24.0 Å². The van der Waals surface area contributed by atoms with Crippen LogP contribution in [0.15, 0.2) is 29.4 Å². The molecule has 0 radical (unpaired) electrons. The lowest BCUT2D eigenvalue weighted by atomic mass is 10.1. The molecule has 0 aromatic carbocycles. The summed E-state index contributed by atoms with van der Waals surface area (Å²) in [5.74, 6) is 0.938. The number of hydrogen-bond donors (Lipinski definition) is 1. The quantitative estimate of drug-likeness (QED) is 0.300. The van der Waals surface area contributed by atoms with E-state index >= 15 is 0 Å². The van der Waals surface area contributed by atoms with Gasteiger partial charge in [-0.05, 0) is 31.4 Å². The lowest BCUT2D eigenvalue weighted by Gasteiger charge is -2.34. The standard InChI is InChI=1S/C17H28N4O2.HI/c1-18-17(20-14-15-6-3-4-9-19-15)21-10-7-16(8-11-21)23-13-5-12-22-2;/h3-4,6,9,16H,5,7-8,10-14H2,1-2H3,(H,18,20);1H. The maximum absolute atomic E-state index is 5.90. The molecule has 0 unspecified atom stereocenters. The zero-order valence-corrected chi connectivity index (χ0v) is 16.9. The van der Waals surface area contributed by atoms with Crippen molar-refractivity contribution < 1.29 is 9.47 Å². The van der Waals surface area contributed by atoms with Crippen molar-refractivity contribution in [2.45, 2.75) is 31.9 Å². The van der Waals surface area contributed by atoms with Gasteiger partial charge < -0.3 is 19.7 Å². The third-order valence-electron chi connectivity index (χ3n) is 3.95. The largest absolute Gasteiger partial charge is 0.385 e. The third kappa shape index (κ3) is 7.31. The SMILES string of the molecule is CN=C(NCc1ccccn1)N1CCC(OCCCOC)CC1.I. The molecule has 1 saturated heterocycles. The second kappa shape index (κ2) is 12.4. The van der Waals surface area contributed by atoms with Crippen LogP contribution in [0.2, 0.25) is 0 Å². The fourth-order valence-electron chi connectivity index (χ4n) is 2.69. The molecule has 2 rings (SSSR count). The van der Waals surface area contributed by atoms with Crippen molar-refractivity contribution in [3.8, 4) is 0 Å². The summed E-state index contributed by atoms with van der Waals surface area (Å²) >= 11 is 0. The Labute approximate surface area is 162 Å². The van der Waals surface area contributed by atoms with Crippen molar-refractivity contribution in [3.05, 3.63) is 30.1 Å². The molecular weight excluding hydrogens is 419 g/mol. The number of halogens is 1. The molecule has 0 atom stereocenters. The maximum Gasteiger partial charge on any atom is 0.193 e. The molecule has 136 valence electrons. The molecule has 0 amide bonds. The number of piperidine rings is 1. The van der Waals surface area contributed by atoms with Crippen molar-refractivity contribution in [2.24, 2.45) is 4.99 Å². The fourth-order valence-corrected chi connectivity index (χ4v) is 2.69. The van der Waals surface area contributed by atoms with E-state index < -0.39 is 0 Å². The average molecular weight is 448 g/mol. The lowest BCUT2D eigenvalue weighted by Crippen LogP contribution is -2.46. The van der Waals surface area contributed by atoms with E-state index in [1.54, 1.807) is 7.11 Å². The molecule has 1 N–H and O–H groups in total. The topological polar surface area (TPSA) is 59.0 Å². The zero-order valence-electron chi connectivity index (χ0n) is 14.6. The average Bonchev–Trinajstić information content (AvgIpc) is 2.61. The van der Waals surface area contributed by atoms with Gasteiger partial charge in [0.05, 0.1) is 18.3 Å².